The maximum Gasteiger partial charge on any atom is 0.416 e. The zero-order valence-corrected chi connectivity index (χ0v) is 25.4. The van der Waals surface area contributed by atoms with E-state index in [1.807, 2.05) is 4.90 Å². The Bertz CT molecular complexity index is 1360. The van der Waals surface area contributed by atoms with Crippen molar-refractivity contribution < 1.29 is 31.2 Å². The quantitative estimate of drug-likeness (QED) is 0.258. The number of amides is 1. The molecule has 1 aliphatic heterocycles. The normalized spacial score (nSPS) is 24.1. The number of hydrogen-bond donors (Lipinski definition) is 0. The van der Waals surface area contributed by atoms with Crippen LogP contribution in [0.25, 0.3) is 0 Å². The molecule has 11 heteroatoms. The number of carbonyl (C=O) groups excluding carboxylic acids is 1. The lowest BCUT2D eigenvalue weighted by Crippen LogP contribution is -2.51. The Morgan fingerprint density at radius 2 is 1.81 bits per heavy atom. The minimum absolute atomic E-state index is 0.0564. The van der Waals surface area contributed by atoms with Crippen LogP contribution < -0.4 is 0 Å². The van der Waals surface area contributed by atoms with E-state index in [4.69, 9.17) is 4.84 Å². The Kier molecular flexibility index (Phi) is 10.0. The third kappa shape index (κ3) is 7.34. The van der Waals surface area contributed by atoms with Crippen molar-refractivity contribution in [3.8, 4) is 0 Å². The van der Waals surface area contributed by atoms with Gasteiger partial charge in [0.15, 0.2) is 9.84 Å². The van der Waals surface area contributed by atoms with Crippen molar-refractivity contribution in [2.75, 3.05) is 26.5 Å². The first kappa shape index (κ1) is 32.0. The molecule has 0 bridgehead atoms. The lowest BCUT2D eigenvalue weighted by Gasteiger charge is -2.44. The van der Waals surface area contributed by atoms with Crippen LogP contribution in [0.3, 0.4) is 0 Å². The van der Waals surface area contributed by atoms with Crippen LogP contribution in [0.15, 0.2) is 64.6 Å². The van der Waals surface area contributed by atoms with Gasteiger partial charge in [0.2, 0.25) is 5.91 Å². The second-order valence-corrected chi connectivity index (χ2v) is 13.7. The lowest BCUT2D eigenvalue weighted by molar-refractivity contribution is -0.137. The Morgan fingerprint density at radius 3 is 2.45 bits per heavy atom. The first-order valence-corrected chi connectivity index (χ1v) is 16.0. The van der Waals surface area contributed by atoms with Crippen LogP contribution in [-0.2, 0) is 25.6 Å². The van der Waals surface area contributed by atoms with E-state index in [1.165, 1.54) is 19.2 Å². The van der Waals surface area contributed by atoms with Gasteiger partial charge in [-0.2, -0.15) is 13.2 Å². The summed E-state index contributed by atoms with van der Waals surface area (Å²) in [5.41, 5.74) is -0.273. The summed E-state index contributed by atoms with van der Waals surface area (Å²) in [4.78, 5) is 23.1. The van der Waals surface area contributed by atoms with Crippen LogP contribution in [-0.4, -0.2) is 74.4 Å². The molecule has 4 atom stereocenters. The molecule has 2 aromatic carbocycles. The first-order chi connectivity index (χ1) is 19.8. The lowest BCUT2D eigenvalue weighted by atomic mass is 9.80. The van der Waals surface area contributed by atoms with Crippen LogP contribution in [0.2, 0.25) is 0 Å². The third-order valence-electron chi connectivity index (χ3n) is 8.76. The van der Waals surface area contributed by atoms with E-state index < -0.39 is 27.5 Å². The number of sulfone groups is 1. The van der Waals surface area contributed by atoms with Gasteiger partial charge in [-0.15, -0.1) is 0 Å². The van der Waals surface area contributed by atoms with E-state index in [-0.39, 0.29) is 52.3 Å². The molecule has 42 heavy (non-hydrogen) atoms. The molecule has 230 valence electrons. The average Bonchev–Trinajstić information content (AvgIpc) is 3.31. The van der Waals surface area contributed by atoms with Crippen molar-refractivity contribution in [3.63, 3.8) is 0 Å². The summed E-state index contributed by atoms with van der Waals surface area (Å²) in [7, 11) is -0.210. The van der Waals surface area contributed by atoms with Crippen molar-refractivity contribution in [2.24, 2.45) is 17.0 Å². The van der Waals surface area contributed by atoms with Gasteiger partial charge in [0.1, 0.15) is 7.11 Å². The molecule has 0 N–H and O–H groups in total. The molecule has 0 radical (unpaired) electrons. The molecule has 1 saturated heterocycles. The molecule has 1 saturated carbocycles. The topological polar surface area (TPSA) is 79.3 Å². The van der Waals surface area contributed by atoms with Crippen LogP contribution in [0.4, 0.5) is 13.2 Å². The molecule has 7 nitrogen and oxygen atoms in total. The summed E-state index contributed by atoms with van der Waals surface area (Å²) in [5, 5.41) is 3.99. The molecular formula is C31H40F3N3O4S. The van der Waals surface area contributed by atoms with E-state index in [0.717, 1.165) is 18.6 Å². The van der Waals surface area contributed by atoms with E-state index in [9.17, 15) is 26.4 Å². The fourth-order valence-electron chi connectivity index (χ4n) is 6.32. The van der Waals surface area contributed by atoms with Crippen molar-refractivity contribution in [2.45, 2.75) is 75.1 Å². The summed E-state index contributed by atoms with van der Waals surface area (Å²) < 4.78 is 67.0. The predicted molar refractivity (Wildman–Crippen MR) is 156 cm³/mol. The summed E-state index contributed by atoms with van der Waals surface area (Å²) in [5.74, 6) is -0.919. The van der Waals surface area contributed by atoms with Crippen LogP contribution in [0, 0.1) is 11.8 Å². The predicted octanol–water partition coefficient (Wildman–Crippen LogP) is 5.65. The Labute approximate surface area is 246 Å². The summed E-state index contributed by atoms with van der Waals surface area (Å²) >= 11 is 0. The highest BCUT2D eigenvalue weighted by Gasteiger charge is 2.44. The smallest absolute Gasteiger partial charge is 0.399 e. The zero-order chi connectivity index (χ0) is 30.7. The maximum absolute atomic E-state index is 13.8. The molecule has 1 heterocycles. The highest BCUT2D eigenvalue weighted by atomic mass is 32.2. The molecule has 2 aliphatic rings. The van der Waals surface area contributed by atoms with Gasteiger partial charge in [0.25, 0.3) is 0 Å². The van der Waals surface area contributed by atoms with Gasteiger partial charge < -0.3 is 14.6 Å². The number of halogens is 3. The van der Waals surface area contributed by atoms with Gasteiger partial charge in [0.05, 0.1) is 21.9 Å². The molecule has 1 amide bonds. The minimum atomic E-state index is -4.51. The summed E-state index contributed by atoms with van der Waals surface area (Å²) in [6.07, 6.45) is -1.70. The molecular weight excluding hydrogens is 567 g/mol. The van der Waals surface area contributed by atoms with Crippen LogP contribution in [0.5, 0.6) is 0 Å². The third-order valence-corrected chi connectivity index (χ3v) is 10.6. The minimum Gasteiger partial charge on any atom is -0.399 e. The number of carbonyl (C=O) groups is 1. The Balaban J connectivity index is 1.55. The van der Waals surface area contributed by atoms with Crippen LogP contribution >= 0.6 is 0 Å². The van der Waals surface area contributed by atoms with E-state index in [1.54, 1.807) is 30.3 Å². The second-order valence-electron chi connectivity index (χ2n) is 11.7. The number of rotatable bonds is 10. The van der Waals surface area contributed by atoms with Gasteiger partial charge >= 0.3 is 6.18 Å². The number of likely N-dealkylation sites (tertiary alicyclic amines) is 1. The van der Waals surface area contributed by atoms with Gasteiger partial charge in [0, 0.05) is 37.0 Å². The molecule has 2 aromatic rings. The molecule has 0 aromatic heterocycles. The molecule has 4 rings (SSSR count). The monoisotopic (exact) mass is 607 g/mol. The average molecular weight is 608 g/mol. The first-order valence-electron chi connectivity index (χ1n) is 14.4. The highest BCUT2D eigenvalue weighted by molar-refractivity contribution is 7.91. The summed E-state index contributed by atoms with van der Waals surface area (Å²) in [6, 6.07) is 13.5. The largest absolute Gasteiger partial charge is 0.416 e. The van der Waals surface area contributed by atoms with E-state index >= 15 is 0 Å². The molecule has 2 fully saturated rings. The van der Waals surface area contributed by atoms with E-state index in [2.05, 4.69) is 31.0 Å². The van der Waals surface area contributed by atoms with Crippen molar-refractivity contribution >= 4 is 21.5 Å². The van der Waals surface area contributed by atoms with Gasteiger partial charge in [-0.05, 0) is 82.3 Å². The standard InChI is InChI=1S/C31H40F3N3O4S/c1-21(2)36(3)26-13-14-29(24(18-26)20-42(39,40)27-11-6-5-7-12-27)37-16-15-23(30(37)38)19-28(35-41-4)22-9-8-10-25(17-22)31(32,33)34/h5-12,17,21,23-24,26,29H,13-16,18-20H2,1-4H3/t23-,24+,26-,29+/m1/s1. The Hall–Kier alpha value is -2.92. The Morgan fingerprint density at radius 1 is 1.10 bits per heavy atom. The van der Waals surface area contributed by atoms with Crippen molar-refractivity contribution in [1.29, 1.82) is 0 Å². The van der Waals surface area contributed by atoms with Crippen molar-refractivity contribution in [1.82, 2.24) is 9.80 Å². The fraction of sp³-hybridized carbons (Fsp3) is 0.548. The SMILES string of the molecule is CON=C(C[C@H]1CCN([C@H]2CC[C@@H](N(C)C(C)C)C[C@H]2CS(=O)(=O)c2ccccc2)C1=O)c1cccc(C(F)(F)F)c1. The van der Waals surface area contributed by atoms with E-state index in [0.29, 0.717) is 31.8 Å². The maximum atomic E-state index is 13.8. The summed E-state index contributed by atoms with van der Waals surface area (Å²) in [6.45, 7) is 4.68. The molecule has 0 unspecified atom stereocenters. The zero-order valence-electron chi connectivity index (χ0n) is 24.5. The van der Waals surface area contributed by atoms with Gasteiger partial charge in [-0.3, -0.25) is 4.79 Å². The fourth-order valence-corrected chi connectivity index (χ4v) is 8.00. The number of nitrogens with zero attached hydrogens (tertiary/aromatic N) is 3. The second kappa shape index (κ2) is 13.2. The van der Waals surface area contributed by atoms with Gasteiger partial charge in [-0.1, -0.05) is 35.5 Å². The molecule has 1 aliphatic carbocycles. The number of hydrogen-bond acceptors (Lipinski definition) is 6. The number of benzene rings is 2. The van der Waals surface area contributed by atoms with Crippen molar-refractivity contribution in [3.05, 3.63) is 65.7 Å². The number of alkyl halides is 3. The highest BCUT2D eigenvalue weighted by Crippen LogP contribution is 2.38. The number of oxime groups is 1. The van der Waals surface area contributed by atoms with Gasteiger partial charge in [-0.25, -0.2) is 8.42 Å². The molecule has 0 spiro atoms. The van der Waals surface area contributed by atoms with Crippen LogP contribution in [0.1, 0.15) is 57.1 Å².